The zero-order valence-electron chi connectivity index (χ0n) is 14.8. The third-order valence-corrected chi connectivity index (χ3v) is 6.71. The quantitative estimate of drug-likeness (QED) is 0.187. The Kier molecular flexibility index (Phi) is 9.72. The fourth-order valence-electron chi connectivity index (χ4n) is 3.06. The van der Waals surface area contributed by atoms with E-state index in [1.165, 1.54) is 0 Å². The molecule has 0 radical (unpaired) electrons. The summed E-state index contributed by atoms with van der Waals surface area (Å²) < 4.78 is 35.1. The van der Waals surface area contributed by atoms with Crippen LogP contribution in [0.25, 0.3) is 0 Å². The van der Waals surface area contributed by atoms with E-state index in [0.717, 1.165) is 4.90 Å². The largest absolute Gasteiger partial charge is 0.339 e. The topological polar surface area (TPSA) is 212 Å². The fourth-order valence-corrected chi connectivity index (χ4v) is 6.50. The summed E-state index contributed by atoms with van der Waals surface area (Å²) in [6.07, 6.45) is -2.79. The van der Waals surface area contributed by atoms with Gasteiger partial charge in [0.2, 0.25) is 0 Å². The van der Waals surface area contributed by atoms with Crippen molar-refractivity contribution in [1.82, 2.24) is 20.9 Å². The molecular formula is C11H29N4O9P3. The molecule has 0 amide bonds. The van der Waals surface area contributed by atoms with Crippen LogP contribution in [-0.2, 0) is 13.7 Å². The van der Waals surface area contributed by atoms with Gasteiger partial charge in [0.25, 0.3) is 0 Å². The van der Waals surface area contributed by atoms with Crippen LogP contribution in [0.3, 0.4) is 0 Å². The molecule has 1 aliphatic rings. The van der Waals surface area contributed by atoms with Gasteiger partial charge in [-0.2, -0.15) is 0 Å². The molecule has 0 unspecified atom stereocenters. The highest BCUT2D eigenvalue weighted by molar-refractivity contribution is 7.53. The lowest BCUT2D eigenvalue weighted by Crippen LogP contribution is -2.61. The van der Waals surface area contributed by atoms with Crippen molar-refractivity contribution in [2.45, 2.75) is 5.54 Å². The molecule has 16 heteroatoms. The van der Waals surface area contributed by atoms with Gasteiger partial charge in [-0.3, -0.25) is 18.6 Å². The lowest BCUT2D eigenvalue weighted by atomic mass is 10.0. The van der Waals surface area contributed by atoms with E-state index in [0.29, 0.717) is 26.2 Å². The van der Waals surface area contributed by atoms with Crippen molar-refractivity contribution < 1.29 is 43.1 Å². The first-order valence-electron chi connectivity index (χ1n) is 8.23. The molecule has 0 aromatic rings. The minimum Gasteiger partial charge on any atom is -0.324 e. The highest BCUT2D eigenvalue weighted by Gasteiger charge is 2.47. The summed E-state index contributed by atoms with van der Waals surface area (Å²) in [5.41, 5.74) is -1.85. The Hall–Kier alpha value is 0.290. The van der Waals surface area contributed by atoms with Crippen LogP contribution in [0.4, 0.5) is 0 Å². The van der Waals surface area contributed by atoms with Gasteiger partial charge in [0.1, 0.15) is 6.29 Å². The Morgan fingerprint density at radius 3 is 1.59 bits per heavy atom. The molecule has 27 heavy (non-hydrogen) atoms. The van der Waals surface area contributed by atoms with Crippen LogP contribution in [-0.4, -0.2) is 104 Å². The molecule has 1 fully saturated rings. The van der Waals surface area contributed by atoms with E-state index < -0.39 is 46.9 Å². The SMILES string of the molecule is O=P(O)(O)CN1CCNCCNCCNCC1(CP(=O)(O)O)CP(=O)(O)O. The Labute approximate surface area is 157 Å². The van der Waals surface area contributed by atoms with Crippen LogP contribution >= 0.6 is 22.8 Å². The third kappa shape index (κ3) is 11.2. The van der Waals surface area contributed by atoms with E-state index in [9.17, 15) is 43.1 Å². The summed E-state index contributed by atoms with van der Waals surface area (Å²) in [4.78, 5) is 58.0. The molecule has 0 atom stereocenters. The highest BCUT2D eigenvalue weighted by Crippen LogP contribution is 2.49. The Morgan fingerprint density at radius 2 is 1.15 bits per heavy atom. The summed E-state index contributed by atoms with van der Waals surface area (Å²) >= 11 is 0. The van der Waals surface area contributed by atoms with Crippen LogP contribution in [0, 0.1) is 0 Å². The van der Waals surface area contributed by atoms with Gasteiger partial charge in [0, 0.05) is 45.8 Å². The molecule has 0 bridgehead atoms. The van der Waals surface area contributed by atoms with Crippen LogP contribution < -0.4 is 16.0 Å². The lowest BCUT2D eigenvalue weighted by molar-refractivity contribution is 0.125. The maximum atomic E-state index is 11.7. The average molecular weight is 454 g/mol. The second-order valence-corrected chi connectivity index (χ2v) is 11.5. The Balaban J connectivity index is 3.33. The number of rotatable bonds is 6. The third-order valence-electron chi connectivity index (χ3n) is 4.00. The Bertz CT molecular complexity index is 580. The molecule has 0 aliphatic carbocycles. The molecule has 1 rings (SSSR count). The molecule has 13 nitrogen and oxygen atoms in total. The summed E-state index contributed by atoms with van der Waals surface area (Å²) in [5, 5.41) is 9.01. The van der Waals surface area contributed by atoms with Gasteiger partial charge in [-0.25, -0.2) is 0 Å². The van der Waals surface area contributed by atoms with Crippen molar-refractivity contribution in [2.24, 2.45) is 0 Å². The predicted molar refractivity (Wildman–Crippen MR) is 98.8 cm³/mol. The predicted octanol–water partition coefficient (Wildman–Crippen LogP) is -2.70. The molecule has 1 saturated heterocycles. The normalized spacial score (nSPS) is 22.0. The molecule has 9 N–H and O–H groups in total. The van der Waals surface area contributed by atoms with Gasteiger partial charge in [0.15, 0.2) is 0 Å². The van der Waals surface area contributed by atoms with E-state index in [2.05, 4.69) is 16.0 Å². The highest BCUT2D eigenvalue weighted by atomic mass is 31.2. The molecular weight excluding hydrogens is 425 g/mol. The van der Waals surface area contributed by atoms with E-state index in [-0.39, 0.29) is 19.6 Å². The van der Waals surface area contributed by atoms with Crippen LogP contribution in [0.15, 0.2) is 0 Å². The van der Waals surface area contributed by atoms with Crippen molar-refractivity contribution in [3.8, 4) is 0 Å². The minimum atomic E-state index is -4.78. The molecule has 1 heterocycles. The van der Waals surface area contributed by atoms with Crippen molar-refractivity contribution in [1.29, 1.82) is 0 Å². The first-order chi connectivity index (χ1) is 12.2. The monoisotopic (exact) mass is 454 g/mol. The molecule has 162 valence electrons. The summed E-state index contributed by atoms with van der Waals surface area (Å²) in [6.45, 7) is 1.93. The van der Waals surface area contributed by atoms with Crippen molar-refractivity contribution in [3.63, 3.8) is 0 Å². The zero-order chi connectivity index (χ0) is 20.8. The first-order valence-corrected chi connectivity index (χ1v) is 13.6. The molecule has 0 spiro atoms. The van der Waals surface area contributed by atoms with Crippen LogP contribution in [0.2, 0.25) is 0 Å². The first kappa shape index (κ1) is 25.3. The van der Waals surface area contributed by atoms with E-state index in [4.69, 9.17) is 0 Å². The number of nitrogens with zero attached hydrogens (tertiary/aromatic N) is 1. The number of nitrogens with one attached hydrogen (secondary N) is 3. The zero-order valence-corrected chi connectivity index (χ0v) is 17.5. The Morgan fingerprint density at radius 1 is 0.704 bits per heavy atom. The maximum Gasteiger partial charge on any atom is 0.339 e. The van der Waals surface area contributed by atoms with E-state index in [1.54, 1.807) is 0 Å². The number of hydrogen-bond donors (Lipinski definition) is 9. The summed E-state index contributed by atoms with van der Waals surface area (Å²) in [7, 11) is -14.2. The van der Waals surface area contributed by atoms with Crippen molar-refractivity contribution >= 4 is 22.8 Å². The van der Waals surface area contributed by atoms with E-state index in [1.807, 2.05) is 0 Å². The minimum absolute atomic E-state index is 0.0627. The van der Waals surface area contributed by atoms with Crippen molar-refractivity contribution in [2.75, 3.05) is 64.4 Å². The van der Waals surface area contributed by atoms with Gasteiger partial charge in [0.05, 0.1) is 17.9 Å². The van der Waals surface area contributed by atoms with Gasteiger partial charge in [-0.05, 0) is 0 Å². The lowest BCUT2D eigenvalue weighted by Gasteiger charge is -2.44. The van der Waals surface area contributed by atoms with Crippen LogP contribution in [0.1, 0.15) is 0 Å². The standard InChI is InChI=1S/C11H29N4O9P3/c16-25(17,18)8-11(9-26(19,20)21)7-14-4-3-12-1-2-13-5-6-15(11)10-27(22,23)24/h12-14H,1-10H2,(H2,16,17,18)(H2,19,20,21)(H2,22,23,24). The fraction of sp³-hybridized carbons (Fsp3) is 1.00. The van der Waals surface area contributed by atoms with Crippen LogP contribution in [0.5, 0.6) is 0 Å². The van der Waals surface area contributed by atoms with Gasteiger partial charge in [-0.1, -0.05) is 0 Å². The molecule has 0 saturated carbocycles. The number of hydrogen-bond acceptors (Lipinski definition) is 7. The molecule has 1 aliphatic heterocycles. The summed E-state index contributed by atoms with van der Waals surface area (Å²) in [6, 6.07) is 0. The van der Waals surface area contributed by atoms with E-state index >= 15 is 0 Å². The van der Waals surface area contributed by atoms with Gasteiger partial charge < -0.3 is 45.3 Å². The molecule has 0 aromatic carbocycles. The van der Waals surface area contributed by atoms with Crippen molar-refractivity contribution in [3.05, 3.63) is 0 Å². The molecule has 0 aromatic heterocycles. The second-order valence-electron chi connectivity index (χ2n) is 6.62. The summed E-state index contributed by atoms with van der Waals surface area (Å²) in [5.74, 6) is 0. The van der Waals surface area contributed by atoms with Gasteiger partial charge in [-0.15, -0.1) is 0 Å². The second kappa shape index (κ2) is 10.4. The van der Waals surface area contributed by atoms with Gasteiger partial charge >= 0.3 is 22.8 Å². The smallest absolute Gasteiger partial charge is 0.324 e. The maximum absolute atomic E-state index is 11.7. The average Bonchev–Trinajstić information content (AvgIpc) is 2.41.